The van der Waals surface area contributed by atoms with E-state index >= 15 is 0 Å². The molecule has 0 aliphatic carbocycles. The van der Waals surface area contributed by atoms with Gasteiger partial charge in [0.2, 0.25) is 5.91 Å². The van der Waals surface area contributed by atoms with Gasteiger partial charge in [0.1, 0.15) is 0 Å². The number of nitrogens with zero attached hydrogens (tertiary/aromatic N) is 1. The Morgan fingerprint density at radius 1 is 1.37 bits per heavy atom. The van der Waals surface area contributed by atoms with Gasteiger partial charge in [-0.1, -0.05) is 23.7 Å². The number of benzene rings is 1. The number of anilines is 1. The largest absolute Gasteiger partial charge is 0.373 e. The van der Waals surface area contributed by atoms with Gasteiger partial charge in [-0.3, -0.25) is 9.69 Å². The molecule has 0 bridgehead atoms. The number of hydrogen-bond donors (Lipinski definition) is 1. The van der Waals surface area contributed by atoms with Crippen LogP contribution in [0.5, 0.6) is 0 Å². The van der Waals surface area contributed by atoms with E-state index in [1.54, 1.807) is 12.1 Å². The van der Waals surface area contributed by atoms with Gasteiger partial charge in [0, 0.05) is 13.1 Å². The van der Waals surface area contributed by atoms with E-state index in [-0.39, 0.29) is 18.1 Å². The van der Waals surface area contributed by atoms with Crippen LogP contribution in [0.4, 0.5) is 5.69 Å². The van der Waals surface area contributed by atoms with Crippen LogP contribution >= 0.6 is 11.6 Å². The zero-order valence-electron chi connectivity index (χ0n) is 11.2. The minimum Gasteiger partial charge on any atom is -0.373 e. The Labute approximate surface area is 118 Å². The van der Waals surface area contributed by atoms with Crippen LogP contribution in [0.3, 0.4) is 0 Å². The predicted octanol–water partition coefficient (Wildman–Crippen LogP) is 2.39. The lowest BCUT2D eigenvalue weighted by Gasteiger charge is -2.34. The van der Waals surface area contributed by atoms with Crippen LogP contribution in [0.1, 0.15) is 13.8 Å². The van der Waals surface area contributed by atoms with Gasteiger partial charge in [-0.15, -0.1) is 0 Å². The summed E-state index contributed by atoms with van der Waals surface area (Å²) >= 11 is 6.01. The lowest BCUT2D eigenvalue weighted by molar-refractivity contribution is -0.121. The van der Waals surface area contributed by atoms with Crippen LogP contribution < -0.4 is 5.32 Å². The molecule has 4 nitrogen and oxygen atoms in total. The summed E-state index contributed by atoms with van der Waals surface area (Å²) in [4.78, 5) is 14.1. The number of rotatable bonds is 3. The van der Waals surface area contributed by atoms with Crippen LogP contribution in [0, 0.1) is 0 Å². The molecule has 1 aromatic rings. The number of halogens is 1. The van der Waals surface area contributed by atoms with Gasteiger partial charge in [0.15, 0.2) is 0 Å². The average Bonchev–Trinajstić information content (AvgIpc) is 2.30. The van der Waals surface area contributed by atoms with Gasteiger partial charge < -0.3 is 10.1 Å². The fourth-order valence-corrected chi connectivity index (χ4v) is 2.55. The van der Waals surface area contributed by atoms with E-state index < -0.39 is 0 Å². The van der Waals surface area contributed by atoms with Crippen molar-refractivity contribution in [1.29, 1.82) is 0 Å². The highest BCUT2D eigenvalue weighted by molar-refractivity contribution is 6.33. The Bertz CT molecular complexity index is 443. The topological polar surface area (TPSA) is 41.6 Å². The van der Waals surface area contributed by atoms with E-state index in [1.165, 1.54) is 0 Å². The molecule has 19 heavy (non-hydrogen) atoms. The number of carbonyl (C=O) groups is 1. The lowest BCUT2D eigenvalue weighted by atomic mass is 10.2. The van der Waals surface area contributed by atoms with Crippen LogP contribution in [0.25, 0.3) is 0 Å². The molecule has 104 valence electrons. The normalized spacial score (nSPS) is 24.2. The highest BCUT2D eigenvalue weighted by atomic mass is 35.5. The second-order valence-corrected chi connectivity index (χ2v) is 5.39. The van der Waals surface area contributed by atoms with Crippen molar-refractivity contribution in [2.75, 3.05) is 25.0 Å². The average molecular weight is 283 g/mol. The molecule has 0 spiro atoms. The Balaban J connectivity index is 1.89. The van der Waals surface area contributed by atoms with E-state index in [4.69, 9.17) is 16.3 Å². The van der Waals surface area contributed by atoms with Gasteiger partial charge in [-0.05, 0) is 26.0 Å². The Kier molecular flexibility index (Phi) is 4.80. The fourth-order valence-electron chi connectivity index (χ4n) is 2.37. The molecule has 1 N–H and O–H groups in total. The minimum absolute atomic E-state index is 0.0469. The first kappa shape index (κ1) is 14.3. The molecule has 0 unspecified atom stereocenters. The molecular weight excluding hydrogens is 264 g/mol. The summed E-state index contributed by atoms with van der Waals surface area (Å²) in [6.45, 7) is 5.97. The Morgan fingerprint density at radius 2 is 2.00 bits per heavy atom. The van der Waals surface area contributed by atoms with Crippen molar-refractivity contribution in [3.05, 3.63) is 29.3 Å². The molecule has 1 saturated heterocycles. The van der Waals surface area contributed by atoms with Crippen LogP contribution in [0.2, 0.25) is 5.02 Å². The van der Waals surface area contributed by atoms with Gasteiger partial charge in [0.05, 0.1) is 29.5 Å². The third-order valence-corrected chi connectivity index (χ3v) is 3.34. The van der Waals surface area contributed by atoms with E-state index in [1.807, 2.05) is 26.0 Å². The zero-order valence-corrected chi connectivity index (χ0v) is 12.0. The maximum Gasteiger partial charge on any atom is 0.238 e. The van der Waals surface area contributed by atoms with Crippen molar-refractivity contribution < 1.29 is 9.53 Å². The smallest absolute Gasteiger partial charge is 0.238 e. The summed E-state index contributed by atoms with van der Waals surface area (Å²) in [5.41, 5.74) is 0.656. The van der Waals surface area contributed by atoms with Gasteiger partial charge >= 0.3 is 0 Å². The molecule has 2 rings (SSSR count). The zero-order chi connectivity index (χ0) is 13.8. The molecule has 1 aliphatic heterocycles. The molecule has 1 aliphatic rings. The quantitative estimate of drug-likeness (QED) is 0.925. The number of para-hydroxylation sites is 1. The highest BCUT2D eigenvalue weighted by Gasteiger charge is 2.23. The maximum atomic E-state index is 12.0. The summed E-state index contributed by atoms with van der Waals surface area (Å²) in [6, 6.07) is 7.24. The molecule has 0 radical (unpaired) electrons. The first-order chi connectivity index (χ1) is 9.04. The number of ether oxygens (including phenoxy) is 1. The van der Waals surface area contributed by atoms with Crippen LogP contribution in [0.15, 0.2) is 24.3 Å². The van der Waals surface area contributed by atoms with Crippen molar-refractivity contribution in [1.82, 2.24) is 4.90 Å². The minimum atomic E-state index is -0.0469. The third-order valence-electron chi connectivity index (χ3n) is 3.01. The van der Waals surface area contributed by atoms with E-state index in [2.05, 4.69) is 10.2 Å². The molecule has 1 amide bonds. The van der Waals surface area contributed by atoms with Gasteiger partial charge in [0.25, 0.3) is 0 Å². The van der Waals surface area contributed by atoms with E-state index in [0.29, 0.717) is 17.3 Å². The van der Waals surface area contributed by atoms with Crippen molar-refractivity contribution in [2.24, 2.45) is 0 Å². The van der Waals surface area contributed by atoms with Crippen molar-refractivity contribution in [3.63, 3.8) is 0 Å². The lowest BCUT2D eigenvalue weighted by Crippen LogP contribution is -2.48. The molecular formula is C14H19ClN2O2. The fraction of sp³-hybridized carbons (Fsp3) is 0.500. The molecule has 0 saturated carbocycles. The molecule has 1 heterocycles. The monoisotopic (exact) mass is 282 g/mol. The van der Waals surface area contributed by atoms with Gasteiger partial charge in [-0.2, -0.15) is 0 Å². The molecule has 2 atom stereocenters. The van der Waals surface area contributed by atoms with Gasteiger partial charge in [-0.25, -0.2) is 0 Å². The van der Waals surface area contributed by atoms with E-state index in [9.17, 15) is 4.79 Å². The summed E-state index contributed by atoms with van der Waals surface area (Å²) in [5.74, 6) is -0.0469. The summed E-state index contributed by atoms with van der Waals surface area (Å²) in [6.07, 6.45) is 0.328. The number of hydrogen-bond acceptors (Lipinski definition) is 3. The van der Waals surface area contributed by atoms with Crippen LogP contribution in [-0.4, -0.2) is 42.6 Å². The summed E-state index contributed by atoms with van der Waals surface area (Å²) in [7, 11) is 0. The molecule has 5 heteroatoms. The maximum absolute atomic E-state index is 12.0. The molecule has 1 fully saturated rings. The SMILES string of the molecule is C[C@@H]1CN(CC(=O)Nc2ccccc2Cl)C[C@@H](C)O1. The van der Waals surface area contributed by atoms with Crippen molar-refractivity contribution >= 4 is 23.2 Å². The third kappa shape index (κ3) is 4.20. The summed E-state index contributed by atoms with van der Waals surface area (Å²) < 4.78 is 5.64. The second-order valence-electron chi connectivity index (χ2n) is 4.98. The van der Waals surface area contributed by atoms with Crippen LogP contribution in [-0.2, 0) is 9.53 Å². The Morgan fingerprint density at radius 3 is 2.63 bits per heavy atom. The number of carbonyl (C=O) groups excluding carboxylic acids is 1. The van der Waals surface area contributed by atoms with Crippen molar-refractivity contribution in [2.45, 2.75) is 26.1 Å². The molecule has 0 aromatic heterocycles. The first-order valence-electron chi connectivity index (χ1n) is 6.47. The van der Waals surface area contributed by atoms with Crippen molar-refractivity contribution in [3.8, 4) is 0 Å². The van der Waals surface area contributed by atoms with E-state index in [0.717, 1.165) is 13.1 Å². The molecule has 1 aromatic carbocycles. The number of amides is 1. The Hall–Kier alpha value is -1.10. The predicted molar refractivity (Wildman–Crippen MR) is 76.5 cm³/mol. The number of nitrogens with one attached hydrogen (secondary N) is 1. The number of morpholine rings is 1. The standard InChI is InChI=1S/C14H19ClN2O2/c1-10-7-17(8-11(2)19-10)9-14(18)16-13-6-4-3-5-12(13)15/h3-6,10-11H,7-9H2,1-2H3,(H,16,18)/t10-,11-/m1/s1. The summed E-state index contributed by atoms with van der Waals surface area (Å²) in [5, 5.41) is 3.39. The highest BCUT2D eigenvalue weighted by Crippen LogP contribution is 2.20. The second kappa shape index (κ2) is 6.37. The first-order valence-corrected chi connectivity index (χ1v) is 6.84.